The summed E-state index contributed by atoms with van der Waals surface area (Å²) in [5.41, 5.74) is 0. The zero-order valence-electron chi connectivity index (χ0n) is 21.7. The summed E-state index contributed by atoms with van der Waals surface area (Å²) in [7, 11) is 5.45. The van der Waals surface area contributed by atoms with Gasteiger partial charge in [-0.1, -0.05) is 7.43 Å². The van der Waals surface area contributed by atoms with E-state index in [0.29, 0.717) is 0 Å². The second-order valence-electron chi connectivity index (χ2n) is 6.59. The number of aliphatic hydroxyl groups excluding tert-OH is 2. The van der Waals surface area contributed by atoms with Crippen LogP contribution >= 0.6 is 0 Å². The third-order valence-corrected chi connectivity index (χ3v) is 3.89. The summed E-state index contributed by atoms with van der Waals surface area (Å²) >= 11 is 0. The number of nitrogens with zero attached hydrogens (tertiary/aromatic N) is 2. The molecule has 0 aromatic carbocycles. The Labute approximate surface area is 220 Å². The molecule has 0 aromatic heterocycles. The molecule has 0 radical (unpaired) electrons. The minimum atomic E-state index is -1.27. The van der Waals surface area contributed by atoms with E-state index in [2.05, 4.69) is 36.9 Å². The van der Waals surface area contributed by atoms with Gasteiger partial charge in [-0.05, 0) is 0 Å². The predicted molar refractivity (Wildman–Crippen MR) is 138 cm³/mol. The maximum absolute atomic E-state index is 12.2. The molecule has 0 heterocycles. The summed E-state index contributed by atoms with van der Waals surface area (Å²) in [6.07, 6.45) is -2.82. The van der Waals surface area contributed by atoms with Gasteiger partial charge in [0, 0.05) is 28.4 Å². The fourth-order valence-corrected chi connectivity index (χ4v) is 2.42. The van der Waals surface area contributed by atoms with Crippen LogP contribution in [0.4, 0.5) is 0 Å². The standard InChI is InChI=1S/C18H34N4O10.2C2H4.CH4/c1-29-9-13(23)8-21(11-31-3)16(26)6-19-14(24)5-15(25)20-7-17(27)22(12-32-4)18(28)10-30-2;2*1-2;/h13,18,23,28H,5-12H2,1-4H3,(H,19,24)(H,20,25);2*1-2H2;1H4. The van der Waals surface area contributed by atoms with Gasteiger partial charge in [-0.15, -0.1) is 26.3 Å². The van der Waals surface area contributed by atoms with Crippen molar-refractivity contribution in [2.45, 2.75) is 26.2 Å². The highest BCUT2D eigenvalue weighted by Gasteiger charge is 2.23. The molecule has 4 N–H and O–H groups in total. The summed E-state index contributed by atoms with van der Waals surface area (Å²) in [6.45, 7) is 10.6. The molecule has 0 bridgehead atoms. The van der Waals surface area contributed by atoms with E-state index in [1.165, 1.54) is 33.3 Å². The number of nitrogens with one attached hydrogen (secondary N) is 2. The van der Waals surface area contributed by atoms with Gasteiger partial charge in [-0.3, -0.25) is 24.1 Å². The first-order valence-corrected chi connectivity index (χ1v) is 10.6. The predicted octanol–water partition coefficient (Wildman–Crippen LogP) is -1.31. The molecule has 218 valence electrons. The van der Waals surface area contributed by atoms with Crippen LogP contribution in [-0.4, -0.2) is 131 Å². The molecule has 14 nitrogen and oxygen atoms in total. The molecule has 2 unspecified atom stereocenters. The van der Waals surface area contributed by atoms with Crippen LogP contribution in [0.2, 0.25) is 0 Å². The van der Waals surface area contributed by atoms with Crippen molar-refractivity contribution in [1.82, 2.24) is 20.4 Å². The fourth-order valence-electron chi connectivity index (χ4n) is 2.42. The van der Waals surface area contributed by atoms with Crippen LogP contribution in [0.5, 0.6) is 0 Å². The second kappa shape index (κ2) is 27.7. The SMILES string of the molecule is C.C=C.C=C.COCC(O)CN(COC)C(=O)CNC(=O)CC(=O)NCC(=O)N(COC)C(O)COC. The lowest BCUT2D eigenvalue weighted by Crippen LogP contribution is -2.48. The van der Waals surface area contributed by atoms with Gasteiger partial charge in [0.25, 0.3) is 0 Å². The topological polar surface area (TPSA) is 176 Å². The minimum Gasteiger partial charge on any atom is -0.389 e. The number of hydrogen-bond donors (Lipinski definition) is 4. The van der Waals surface area contributed by atoms with Gasteiger partial charge in [0.15, 0.2) is 6.23 Å². The lowest BCUT2D eigenvalue weighted by Gasteiger charge is -2.26. The van der Waals surface area contributed by atoms with Crippen LogP contribution < -0.4 is 10.6 Å². The van der Waals surface area contributed by atoms with Crippen molar-refractivity contribution >= 4 is 23.6 Å². The highest BCUT2D eigenvalue weighted by molar-refractivity contribution is 5.99. The third-order valence-electron chi connectivity index (χ3n) is 3.89. The Morgan fingerprint density at radius 2 is 1.22 bits per heavy atom. The van der Waals surface area contributed by atoms with E-state index in [0.717, 1.165) is 4.90 Å². The zero-order chi connectivity index (χ0) is 28.5. The lowest BCUT2D eigenvalue weighted by atomic mass is 10.3. The normalized spacial score (nSPS) is 11.1. The first-order chi connectivity index (χ1) is 17.2. The average molecular weight is 539 g/mol. The Hall–Kier alpha value is -2.88. The molecule has 0 saturated carbocycles. The van der Waals surface area contributed by atoms with E-state index in [9.17, 15) is 29.4 Å². The van der Waals surface area contributed by atoms with E-state index in [-0.39, 0.29) is 40.6 Å². The quantitative estimate of drug-likeness (QED) is 0.0988. The third kappa shape index (κ3) is 21.0. The van der Waals surface area contributed by atoms with Crippen LogP contribution in [0.3, 0.4) is 0 Å². The molecule has 37 heavy (non-hydrogen) atoms. The van der Waals surface area contributed by atoms with Crippen LogP contribution in [0.15, 0.2) is 26.3 Å². The highest BCUT2D eigenvalue weighted by atomic mass is 16.5. The molecular weight excluding hydrogens is 492 g/mol. The lowest BCUT2D eigenvalue weighted by molar-refractivity contribution is -0.154. The highest BCUT2D eigenvalue weighted by Crippen LogP contribution is 1.99. The van der Waals surface area contributed by atoms with Crippen molar-refractivity contribution in [2.24, 2.45) is 0 Å². The summed E-state index contributed by atoms with van der Waals surface area (Å²) in [4.78, 5) is 50.3. The number of methoxy groups -OCH3 is 4. The Balaban J connectivity index is -0.00000103. The summed E-state index contributed by atoms with van der Waals surface area (Å²) < 4.78 is 19.3. The molecule has 0 spiro atoms. The molecule has 0 aliphatic heterocycles. The maximum Gasteiger partial charge on any atom is 0.245 e. The summed E-state index contributed by atoms with van der Waals surface area (Å²) in [6, 6.07) is 0. The Kier molecular flexibility index (Phi) is 30.9. The van der Waals surface area contributed by atoms with Gasteiger partial charge in [-0.25, -0.2) is 0 Å². The molecular formula is C23H46N4O10. The molecule has 2 atom stereocenters. The van der Waals surface area contributed by atoms with Gasteiger partial charge >= 0.3 is 0 Å². The van der Waals surface area contributed by atoms with Crippen molar-refractivity contribution in [3.05, 3.63) is 26.3 Å². The molecule has 0 aliphatic rings. The number of aliphatic hydroxyl groups is 2. The maximum atomic E-state index is 12.2. The molecule has 0 aliphatic carbocycles. The largest absolute Gasteiger partial charge is 0.389 e. The van der Waals surface area contributed by atoms with Crippen LogP contribution in [0.25, 0.3) is 0 Å². The molecule has 0 aromatic rings. The van der Waals surface area contributed by atoms with Crippen molar-refractivity contribution in [1.29, 1.82) is 0 Å². The van der Waals surface area contributed by atoms with Gasteiger partial charge in [0.2, 0.25) is 23.6 Å². The molecule has 0 rings (SSSR count). The number of hydrogen-bond acceptors (Lipinski definition) is 10. The van der Waals surface area contributed by atoms with Crippen LogP contribution in [0.1, 0.15) is 13.8 Å². The number of rotatable bonds is 17. The Bertz CT molecular complexity index is 622. The Morgan fingerprint density at radius 3 is 1.65 bits per heavy atom. The summed E-state index contributed by atoms with van der Waals surface area (Å²) in [5, 5.41) is 24.2. The number of amides is 4. The molecule has 4 amide bonds. The van der Waals surface area contributed by atoms with Crippen molar-refractivity contribution in [3.63, 3.8) is 0 Å². The van der Waals surface area contributed by atoms with Crippen molar-refractivity contribution in [3.8, 4) is 0 Å². The van der Waals surface area contributed by atoms with Crippen molar-refractivity contribution < 1.29 is 48.3 Å². The van der Waals surface area contributed by atoms with Crippen molar-refractivity contribution in [2.75, 3.05) is 74.7 Å². The van der Waals surface area contributed by atoms with Gasteiger partial charge in [-0.2, -0.15) is 0 Å². The van der Waals surface area contributed by atoms with E-state index in [4.69, 9.17) is 18.9 Å². The van der Waals surface area contributed by atoms with Gasteiger partial charge in [0.1, 0.15) is 19.9 Å². The molecule has 0 fully saturated rings. The average Bonchev–Trinajstić information content (AvgIpc) is 2.86. The van der Waals surface area contributed by atoms with E-state index in [1.807, 2.05) is 0 Å². The smallest absolute Gasteiger partial charge is 0.245 e. The van der Waals surface area contributed by atoms with E-state index >= 15 is 0 Å². The monoisotopic (exact) mass is 538 g/mol. The first-order valence-electron chi connectivity index (χ1n) is 10.6. The zero-order valence-corrected chi connectivity index (χ0v) is 21.7. The Morgan fingerprint density at radius 1 is 0.757 bits per heavy atom. The molecule has 0 saturated heterocycles. The van der Waals surface area contributed by atoms with Crippen LogP contribution in [-0.2, 0) is 38.1 Å². The fraction of sp³-hybridized carbons (Fsp3) is 0.652. The van der Waals surface area contributed by atoms with Gasteiger partial charge in [0.05, 0.1) is 39.0 Å². The molecule has 14 heteroatoms. The number of ether oxygens (including phenoxy) is 4. The number of carbonyl (C=O) groups is 4. The number of carbonyl (C=O) groups excluding carboxylic acids is 4. The van der Waals surface area contributed by atoms with E-state index < -0.39 is 55.5 Å². The van der Waals surface area contributed by atoms with E-state index in [1.54, 1.807) is 0 Å². The van der Waals surface area contributed by atoms with Gasteiger partial charge < -0.3 is 44.7 Å². The summed E-state index contributed by atoms with van der Waals surface area (Å²) in [5.74, 6) is -2.68. The second-order valence-corrected chi connectivity index (χ2v) is 6.59. The minimum absolute atomic E-state index is 0. The van der Waals surface area contributed by atoms with Crippen LogP contribution in [0, 0.1) is 0 Å². The first kappa shape index (κ1) is 41.3.